The van der Waals surface area contributed by atoms with Gasteiger partial charge in [-0.3, -0.25) is 4.79 Å². The second-order valence-corrected chi connectivity index (χ2v) is 0.861. The molecule has 44 valence electrons. The quantitative estimate of drug-likeness (QED) is 0.453. The second-order valence-electron chi connectivity index (χ2n) is 0.861. The minimum Gasteiger partial charge on any atom is -0.266 e. The van der Waals surface area contributed by atoms with Gasteiger partial charge in [-0.15, -0.1) is 0 Å². The van der Waals surface area contributed by atoms with Crippen LogP contribution in [0.15, 0.2) is 9.98 Å². The number of amides is 1. The molecule has 0 aromatic heterocycles. The fraction of sp³-hybridized carbons (Fsp3) is 0.400. The Labute approximate surface area is 48.2 Å². The molecule has 1 aliphatic heterocycles. The van der Waals surface area contributed by atoms with Crippen LogP contribution in [0.1, 0.15) is 13.8 Å². The third kappa shape index (κ3) is 2.23. The second kappa shape index (κ2) is 4.18. The first-order valence-electron chi connectivity index (χ1n) is 2.49. The molecule has 0 fully saturated rings. The van der Waals surface area contributed by atoms with Crippen molar-refractivity contribution in [2.75, 3.05) is 0 Å². The van der Waals surface area contributed by atoms with Gasteiger partial charge in [0.2, 0.25) is 0 Å². The van der Waals surface area contributed by atoms with Gasteiger partial charge in [0.25, 0.3) is 5.91 Å². The maximum absolute atomic E-state index is 9.90. The summed E-state index contributed by atoms with van der Waals surface area (Å²) in [6.07, 6.45) is 2.39. The van der Waals surface area contributed by atoms with Gasteiger partial charge in [-0.1, -0.05) is 13.8 Å². The van der Waals surface area contributed by atoms with Crippen molar-refractivity contribution in [2.45, 2.75) is 13.8 Å². The molecule has 0 saturated carbocycles. The molecule has 3 nitrogen and oxygen atoms in total. The molecular formula is C5H8N2O. The normalized spacial score (nSPS) is 13.5. The highest BCUT2D eigenvalue weighted by atomic mass is 16.1. The van der Waals surface area contributed by atoms with Crippen LogP contribution in [-0.4, -0.2) is 18.5 Å². The molecule has 0 unspecified atom stereocenters. The summed E-state index contributed by atoms with van der Waals surface area (Å²) in [4.78, 5) is 16.5. The van der Waals surface area contributed by atoms with Gasteiger partial charge in [-0.05, 0) is 0 Å². The van der Waals surface area contributed by atoms with Crippen molar-refractivity contribution in [1.29, 1.82) is 0 Å². The zero-order valence-electron chi connectivity index (χ0n) is 4.96. The first-order chi connectivity index (χ1) is 3.89. The Kier molecular flexibility index (Phi) is 3.66. The largest absolute Gasteiger partial charge is 0.289 e. The Morgan fingerprint density at radius 2 is 2.12 bits per heavy atom. The van der Waals surface area contributed by atoms with Crippen LogP contribution in [0, 0.1) is 0 Å². The van der Waals surface area contributed by atoms with E-state index < -0.39 is 0 Å². The minimum atomic E-state index is -0.269. The standard InChI is InChI=1S/C3H2N2O.C2H6/c6-3-1-4-2-5-3;1-2/h1-2H;1-2H3. The van der Waals surface area contributed by atoms with Crippen molar-refractivity contribution in [3.63, 3.8) is 0 Å². The minimum absolute atomic E-state index is 0.269. The van der Waals surface area contributed by atoms with Gasteiger partial charge in [-0.2, -0.15) is 4.99 Å². The van der Waals surface area contributed by atoms with Gasteiger partial charge in [0.15, 0.2) is 0 Å². The van der Waals surface area contributed by atoms with E-state index in [1.54, 1.807) is 0 Å². The summed E-state index contributed by atoms with van der Waals surface area (Å²) in [7, 11) is 0. The predicted molar refractivity (Wildman–Crippen MR) is 33.3 cm³/mol. The third-order valence-corrected chi connectivity index (χ3v) is 0.437. The summed E-state index contributed by atoms with van der Waals surface area (Å²) in [5, 5.41) is 0. The van der Waals surface area contributed by atoms with Crippen LogP contribution < -0.4 is 0 Å². The Morgan fingerprint density at radius 3 is 2.25 bits per heavy atom. The van der Waals surface area contributed by atoms with Gasteiger partial charge in [0, 0.05) is 0 Å². The Morgan fingerprint density at radius 1 is 1.50 bits per heavy atom. The van der Waals surface area contributed by atoms with Crippen molar-refractivity contribution in [3.05, 3.63) is 0 Å². The lowest BCUT2D eigenvalue weighted by Gasteiger charge is -1.59. The molecule has 1 aliphatic rings. The van der Waals surface area contributed by atoms with E-state index >= 15 is 0 Å². The summed E-state index contributed by atoms with van der Waals surface area (Å²) < 4.78 is 0. The van der Waals surface area contributed by atoms with Crippen molar-refractivity contribution in [3.8, 4) is 0 Å². The molecule has 0 N–H and O–H groups in total. The zero-order chi connectivity index (χ0) is 6.41. The Bertz CT molecular complexity index is 112. The van der Waals surface area contributed by atoms with Crippen LogP contribution in [0.2, 0.25) is 0 Å². The number of nitrogens with zero attached hydrogens (tertiary/aromatic N) is 2. The number of rotatable bonds is 0. The van der Waals surface area contributed by atoms with E-state index in [1.807, 2.05) is 13.8 Å². The lowest BCUT2D eigenvalue weighted by atomic mass is 10.7. The van der Waals surface area contributed by atoms with Crippen LogP contribution in [0.5, 0.6) is 0 Å². The molecule has 0 atom stereocenters. The predicted octanol–water partition coefficient (Wildman–Crippen LogP) is 0.652. The van der Waals surface area contributed by atoms with Crippen molar-refractivity contribution in [1.82, 2.24) is 0 Å². The first kappa shape index (κ1) is 7.01. The molecule has 0 aromatic rings. The molecule has 0 aliphatic carbocycles. The number of hydrogen-bond acceptors (Lipinski definition) is 2. The number of carbonyl (C=O) groups is 1. The topological polar surface area (TPSA) is 41.8 Å². The van der Waals surface area contributed by atoms with Crippen LogP contribution in [0.4, 0.5) is 0 Å². The van der Waals surface area contributed by atoms with Crippen LogP contribution in [0.3, 0.4) is 0 Å². The summed E-state index contributed by atoms with van der Waals surface area (Å²) >= 11 is 0. The highest BCUT2D eigenvalue weighted by Crippen LogP contribution is 1.75. The van der Waals surface area contributed by atoms with E-state index in [0.29, 0.717) is 0 Å². The zero-order valence-corrected chi connectivity index (χ0v) is 4.96. The molecular weight excluding hydrogens is 104 g/mol. The fourth-order valence-corrected chi connectivity index (χ4v) is 0.221. The number of carbonyl (C=O) groups excluding carboxylic acids is 1. The number of hydrogen-bond donors (Lipinski definition) is 0. The average molecular weight is 112 g/mol. The van der Waals surface area contributed by atoms with Crippen LogP contribution in [0.25, 0.3) is 0 Å². The van der Waals surface area contributed by atoms with E-state index in [0.717, 1.165) is 0 Å². The van der Waals surface area contributed by atoms with Gasteiger partial charge in [-0.25, -0.2) is 4.99 Å². The van der Waals surface area contributed by atoms with E-state index in [-0.39, 0.29) is 5.91 Å². The van der Waals surface area contributed by atoms with Crippen molar-refractivity contribution in [2.24, 2.45) is 9.98 Å². The van der Waals surface area contributed by atoms with Crippen molar-refractivity contribution < 1.29 is 4.79 Å². The fourth-order valence-electron chi connectivity index (χ4n) is 0.221. The third-order valence-electron chi connectivity index (χ3n) is 0.437. The van der Waals surface area contributed by atoms with Gasteiger partial charge in [0.05, 0.1) is 6.21 Å². The molecule has 8 heavy (non-hydrogen) atoms. The highest BCUT2D eigenvalue weighted by molar-refractivity contribution is 6.32. The Balaban J connectivity index is 0.000000222. The molecule has 0 aromatic carbocycles. The lowest BCUT2D eigenvalue weighted by Crippen LogP contribution is -1.84. The van der Waals surface area contributed by atoms with Gasteiger partial charge < -0.3 is 0 Å². The van der Waals surface area contributed by atoms with Gasteiger partial charge in [0.1, 0.15) is 6.34 Å². The molecule has 1 heterocycles. The van der Waals surface area contributed by atoms with E-state index in [2.05, 4.69) is 9.98 Å². The summed E-state index contributed by atoms with van der Waals surface area (Å²) in [6.45, 7) is 4.00. The van der Waals surface area contributed by atoms with Gasteiger partial charge >= 0.3 is 0 Å². The summed E-state index contributed by atoms with van der Waals surface area (Å²) in [5.74, 6) is -0.269. The van der Waals surface area contributed by atoms with E-state index in [9.17, 15) is 4.79 Å². The smallest absolute Gasteiger partial charge is 0.266 e. The summed E-state index contributed by atoms with van der Waals surface area (Å²) in [5.41, 5.74) is 0. The monoisotopic (exact) mass is 112 g/mol. The molecule has 0 radical (unpaired) electrons. The Hall–Kier alpha value is -0.990. The summed E-state index contributed by atoms with van der Waals surface area (Å²) in [6, 6.07) is 0. The number of aliphatic imine (C=N–C) groups is 2. The SMILES string of the molecule is CC.O=C1C=NC=N1. The molecule has 0 bridgehead atoms. The molecule has 0 saturated heterocycles. The van der Waals surface area contributed by atoms with E-state index in [4.69, 9.17) is 0 Å². The molecule has 1 amide bonds. The highest BCUT2D eigenvalue weighted by Gasteiger charge is 1.91. The maximum atomic E-state index is 9.90. The van der Waals surface area contributed by atoms with Crippen LogP contribution in [-0.2, 0) is 4.79 Å². The average Bonchev–Trinajstić information content (AvgIpc) is 2.24. The molecule has 1 rings (SSSR count). The first-order valence-corrected chi connectivity index (χ1v) is 2.49. The van der Waals surface area contributed by atoms with Crippen molar-refractivity contribution >= 4 is 18.5 Å². The van der Waals surface area contributed by atoms with Crippen LogP contribution >= 0.6 is 0 Å². The molecule has 0 spiro atoms. The lowest BCUT2D eigenvalue weighted by molar-refractivity contribution is -0.111. The maximum Gasteiger partial charge on any atom is 0.289 e. The van der Waals surface area contributed by atoms with E-state index in [1.165, 1.54) is 12.6 Å². The molecule has 3 heteroatoms.